The third-order valence-corrected chi connectivity index (χ3v) is 3.86. The largest absolute Gasteiger partial charge is 0.508 e. The SMILES string of the molecule is CCC1CN(C(=O)Cc2ccccc2O)CC/C1=N\O. The molecule has 0 saturated carbocycles. The van der Waals surface area contributed by atoms with E-state index in [9.17, 15) is 9.90 Å². The van der Waals surface area contributed by atoms with Crippen LogP contribution in [-0.2, 0) is 11.2 Å². The fourth-order valence-electron chi connectivity index (χ4n) is 2.57. The first kappa shape index (κ1) is 14.4. The van der Waals surface area contributed by atoms with E-state index in [1.54, 1.807) is 23.1 Å². The highest BCUT2D eigenvalue weighted by Crippen LogP contribution is 2.21. The summed E-state index contributed by atoms with van der Waals surface area (Å²) < 4.78 is 0. The van der Waals surface area contributed by atoms with Gasteiger partial charge in [-0.15, -0.1) is 0 Å². The van der Waals surface area contributed by atoms with Gasteiger partial charge in [0.1, 0.15) is 5.75 Å². The highest BCUT2D eigenvalue weighted by atomic mass is 16.4. The van der Waals surface area contributed by atoms with E-state index >= 15 is 0 Å². The fourth-order valence-corrected chi connectivity index (χ4v) is 2.57. The molecule has 1 aliphatic heterocycles. The molecule has 5 heteroatoms. The van der Waals surface area contributed by atoms with Crippen LogP contribution in [0.5, 0.6) is 5.75 Å². The lowest BCUT2D eigenvalue weighted by Crippen LogP contribution is -2.44. The molecule has 1 fully saturated rings. The van der Waals surface area contributed by atoms with Crippen molar-refractivity contribution in [2.75, 3.05) is 13.1 Å². The van der Waals surface area contributed by atoms with E-state index in [2.05, 4.69) is 5.16 Å². The van der Waals surface area contributed by atoms with Gasteiger partial charge in [-0.1, -0.05) is 30.3 Å². The minimum Gasteiger partial charge on any atom is -0.508 e. The standard InChI is InChI=1S/C15H20N2O3/c1-2-11-10-17(8-7-13(11)16-20)15(19)9-12-5-3-4-6-14(12)18/h3-6,11,18,20H,2,7-10H2,1H3/b16-13+. The molecule has 1 atom stereocenters. The van der Waals surface area contributed by atoms with Gasteiger partial charge in [0.25, 0.3) is 0 Å². The van der Waals surface area contributed by atoms with E-state index in [4.69, 9.17) is 5.21 Å². The van der Waals surface area contributed by atoms with Gasteiger partial charge < -0.3 is 15.2 Å². The minimum absolute atomic E-state index is 0.00180. The number of piperidine rings is 1. The van der Waals surface area contributed by atoms with Gasteiger partial charge >= 0.3 is 0 Å². The molecule has 5 nitrogen and oxygen atoms in total. The summed E-state index contributed by atoms with van der Waals surface area (Å²) in [4.78, 5) is 14.1. The van der Waals surface area contributed by atoms with E-state index < -0.39 is 0 Å². The maximum Gasteiger partial charge on any atom is 0.227 e. The third-order valence-electron chi connectivity index (χ3n) is 3.86. The Morgan fingerprint density at radius 3 is 2.85 bits per heavy atom. The van der Waals surface area contributed by atoms with Crippen LogP contribution >= 0.6 is 0 Å². The molecule has 0 spiro atoms. The fraction of sp³-hybridized carbons (Fsp3) is 0.467. The lowest BCUT2D eigenvalue weighted by atomic mass is 9.93. The Morgan fingerprint density at radius 1 is 1.45 bits per heavy atom. The van der Waals surface area contributed by atoms with E-state index in [0.29, 0.717) is 25.1 Å². The molecule has 20 heavy (non-hydrogen) atoms. The Bertz CT molecular complexity index is 514. The van der Waals surface area contributed by atoms with Gasteiger partial charge in [-0.3, -0.25) is 4.79 Å². The van der Waals surface area contributed by atoms with Crippen molar-refractivity contribution < 1.29 is 15.1 Å². The molecule has 1 amide bonds. The summed E-state index contributed by atoms with van der Waals surface area (Å²) in [5.74, 6) is 0.284. The van der Waals surface area contributed by atoms with Crippen molar-refractivity contribution >= 4 is 11.6 Å². The van der Waals surface area contributed by atoms with Crippen molar-refractivity contribution in [3.8, 4) is 5.75 Å². The minimum atomic E-state index is 0.00180. The first-order valence-corrected chi connectivity index (χ1v) is 6.91. The molecule has 1 unspecified atom stereocenters. The molecule has 1 saturated heterocycles. The van der Waals surface area contributed by atoms with Crippen molar-refractivity contribution in [2.45, 2.75) is 26.2 Å². The zero-order chi connectivity index (χ0) is 14.5. The van der Waals surface area contributed by atoms with Crippen molar-refractivity contribution in [2.24, 2.45) is 11.1 Å². The Labute approximate surface area is 118 Å². The van der Waals surface area contributed by atoms with E-state index in [-0.39, 0.29) is 24.0 Å². The molecule has 0 radical (unpaired) electrons. The number of phenols is 1. The molecular formula is C15H20N2O3. The summed E-state index contributed by atoms with van der Waals surface area (Å²) in [6.07, 6.45) is 1.66. The molecule has 1 aromatic carbocycles. The molecule has 0 aliphatic carbocycles. The van der Waals surface area contributed by atoms with Gasteiger partial charge in [0.05, 0.1) is 12.1 Å². The Balaban J connectivity index is 2.02. The smallest absolute Gasteiger partial charge is 0.227 e. The lowest BCUT2D eigenvalue weighted by Gasteiger charge is -2.33. The molecule has 0 aromatic heterocycles. The molecule has 1 aromatic rings. The van der Waals surface area contributed by atoms with Crippen LogP contribution in [0.25, 0.3) is 0 Å². The molecular weight excluding hydrogens is 256 g/mol. The van der Waals surface area contributed by atoms with Crippen molar-refractivity contribution in [1.82, 2.24) is 4.90 Å². The number of rotatable bonds is 3. The molecule has 2 N–H and O–H groups in total. The first-order valence-electron chi connectivity index (χ1n) is 6.91. The van der Waals surface area contributed by atoms with Crippen molar-refractivity contribution in [1.29, 1.82) is 0 Å². The van der Waals surface area contributed by atoms with Crippen LogP contribution in [0, 0.1) is 5.92 Å². The molecule has 108 valence electrons. The molecule has 0 bridgehead atoms. The predicted octanol–water partition coefficient (Wildman–Crippen LogP) is 2.02. The van der Waals surface area contributed by atoms with E-state index in [0.717, 1.165) is 12.1 Å². The number of para-hydroxylation sites is 1. The third kappa shape index (κ3) is 3.10. The number of likely N-dealkylation sites (tertiary alicyclic amines) is 1. The Morgan fingerprint density at radius 2 is 2.20 bits per heavy atom. The van der Waals surface area contributed by atoms with Crippen LogP contribution in [0.3, 0.4) is 0 Å². The van der Waals surface area contributed by atoms with Gasteiger partial charge in [0.2, 0.25) is 5.91 Å². The van der Waals surface area contributed by atoms with Gasteiger partial charge in [0, 0.05) is 31.0 Å². The number of carbonyl (C=O) groups is 1. The summed E-state index contributed by atoms with van der Waals surface area (Å²) in [7, 11) is 0. The first-order chi connectivity index (χ1) is 9.65. The van der Waals surface area contributed by atoms with E-state index in [1.165, 1.54) is 0 Å². The van der Waals surface area contributed by atoms with Crippen molar-refractivity contribution in [3.63, 3.8) is 0 Å². The van der Waals surface area contributed by atoms with Crippen molar-refractivity contribution in [3.05, 3.63) is 29.8 Å². The number of oxime groups is 1. The Hall–Kier alpha value is -2.04. The van der Waals surface area contributed by atoms with Crippen LogP contribution in [-0.4, -0.2) is 39.9 Å². The summed E-state index contributed by atoms with van der Waals surface area (Å²) in [5.41, 5.74) is 1.42. The summed E-state index contributed by atoms with van der Waals surface area (Å²) in [5, 5.41) is 22.0. The van der Waals surface area contributed by atoms with Crippen LogP contribution in [0.4, 0.5) is 0 Å². The van der Waals surface area contributed by atoms with Crippen LogP contribution in [0.2, 0.25) is 0 Å². The van der Waals surface area contributed by atoms with Gasteiger partial charge in [-0.25, -0.2) is 0 Å². The summed E-state index contributed by atoms with van der Waals surface area (Å²) in [6, 6.07) is 6.89. The number of aromatic hydroxyl groups is 1. The number of hydrogen-bond acceptors (Lipinski definition) is 4. The number of amides is 1. The number of nitrogens with zero attached hydrogens (tertiary/aromatic N) is 2. The second-order valence-electron chi connectivity index (χ2n) is 5.09. The summed E-state index contributed by atoms with van der Waals surface area (Å²) >= 11 is 0. The van der Waals surface area contributed by atoms with Gasteiger partial charge in [-0.2, -0.15) is 0 Å². The topological polar surface area (TPSA) is 73.1 Å². The van der Waals surface area contributed by atoms with Crippen LogP contribution < -0.4 is 0 Å². The molecule has 2 rings (SSSR count). The number of benzene rings is 1. The highest BCUT2D eigenvalue weighted by Gasteiger charge is 2.27. The van der Waals surface area contributed by atoms with Gasteiger partial charge in [0.15, 0.2) is 0 Å². The number of carbonyl (C=O) groups excluding carboxylic acids is 1. The second-order valence-corrected chi connectivity index (χ2v) is 5.09. The second kappa shape index (κ2) is 6.41. The maximum absolute atomic E-state index is 12.3. The Kier molecular flexibility index (Phi) is 4.61. The zero-order valence-electron chi connectivity index (χ0n) is 11.6. The average molecular weight is 276 g/mol. The highest BCUT2D eigenvalue weighted by molar-refractivity contribution is 5.89. The molecule has 1 heterocycles. The quantitative estimate of drug-likeness (QED) is 0.655. The number of phenolic OH excluding ortho intramolecular Hbond substituents is 1. The lowest BCUT2D eigenvalue weighted by molar-refractivity contribution is -0.131. The van der Waals surface area contributed by atoms with E-state index in [1.807, 2.05) is 13.0 Å². The molecule has 1 aliphatic rings. The predicted molar refractivity (Wildman–Crippen MR) is 76.0 cm³/mol. The summed E-state index contributed by atoms with van der Waals surface area (Å²) in [6.45, 7) is 3.18. The van der Waals surface area contributed by atoms with Gasteiger partial charge in [-0.05, 0) is 12.5 Å². The number of hydrogen-bond donors (Lipinski definition) is 2. The van der Waals surface area contributed by atoms with Crippen LogP contribution in [0.1, 0.15) is 25.3 Å². The monoisotopic (exact) mass is 276 g/mol. The van der Waals surface area contributed by atoms with Crippen LogP contribution in [0.15, 0.2) is 29.4 Å². The normalized spacial score (nSPS) is 21.1. The zero-order valence-corrected chi connectivity index (χ0v) is 11.6. The average Bonchev–Trinajstić information content (AvgIpc) is 2.48. The maximum atomic E-state index is 12.3.